The normalized spacial score (nSPS) is 10.8. The van der Waals surface area contributed by atoms with Gasteiger partial charge in [0.15, 0.2) is 0 Å². The summed E-state index contributed by atoms with van der Waals surface area (Å²) in [7, 11) is 0. The predicted octanol–water partition coefficient (Wildman–Crippen LogP) is 3.32. The van der Waals surface area contributed by atoms with Gasteiger partial charge in [-0.3, -0.25) is 9.59 Å². The van der Waals surface area contributed by atoms with E-state index in [9.17, 15) is 9.59 Å². The molecule has 3 aromatic rings. The van der Waals surface area contributed by atoms with Gasteiger partial charge in [0, 0.05) is 28.7 Å². The fourth-order valence-corrected chi connectivity index (χ4v) is 3.01. The molecule has 0 atom stereocenters. The van der Waals surface area contributed by atoms with Gasteiger partial charge in [-0.1, -0.05) is 18.2 Å². The summed E-state index contributed by atoms with van der Waals surface area (Å²) in [6.45, 7) is 4.68. The van der Waals surface area contributed by atoms with Crippen molar-refractivity contribution in [3.05, 3.63) is 65.4 Å². The van der Waals surface area contributed by atoms with Crippen LogP contribution < -0.4 is 11.1 Å². The van der Waals surface area contributed by atoms with Crippen molar-refractivity contribution in [1.29, 1.82) is 0 Å². The lowest BCUT2D eigenvalue weighted by atomic mass is 10.1. The Balaban J connectivity index is 1.97. The number of fused-ring (bicyclic) bond motifs is 1. The van der Waals surface area contributed by atoms with Crippen LogP contribution >= 0.6 is 0 Å². The maximum atomic E-state index is 12.8. The van der Waals surface area contributed by atoms with Crippen LogP contribution in [0.25, 0.3) is 10.9 Å². The Bertz CT molecular complexity index is 924. The molecule has 0 fully saturated rings. The number of nitrogens with one attached hydrogen (secondary N) is 1. The van der Waals surface area contributed by atoms with Gasteiger partial charge in [-0.15, -0.1) is 0 Å². The fourth-order valence-electron chi connectivity index (χ4n) is 3.01. The van der Waals surface area contributed by atoms with Crippen LogP contribution in [0.3, 0.4) is 0 Å². The van der Waals surface area contributed by atoms with Gasteiger partial charge >= 0.3 is 0 Å². The molecule has 3 N–H and O–H groups in total. The Labute approximate surface area is 140 Å². The first-order chi connectivity index (χ1) is 11.5. The molecular weight excluding hydrogens is 302 g/mol. The van der Waals surface area contributed by atoms with Crippen molar-refractivity contribution in [3.8, 4) is 0 Å². The number of hydrogen-bond donors (Lipinski definition) is 2. The molecule has 0 saturated heterocycles. The molecule has 0 aliphatic heterocycles. The summed E-state index contributed by atoms with van der Waals surface area (Å²) in [5.74, 6) is -0.660. The molecular formula is C19H19N3O2. The minimum absolute atomic E-state index is 0.169. The number of carbonyl (C=O) groups excluding carboxylic acids is 2. The number of aryl methyl sites for hydroxylation is 2. The van der Waals surface area contributed by atoms with E-state index < -0.39 is 5.91 Å². The fraction of sp³-hybridized carbons (Fsp3) is 0.158. The highest BCUT2D eigenvalue weighted by Crippen LogP contribution is 2.26. The first-order valence-electron chi connectivity index (χ1n) is 7.82. The number of carbonyl (C=O) groups is 2. The van der Waals surface area contributed by atoms with E-state index in [1.54, 1.807) is 24.3 Å². The van der Waals surface area contributed by atoms with E-state index in [0.717, 1.165) is 16.5 Å². The molecule has 0 unspecified atom stereocenters. The van der Waals surface area contributed by atoms with Crippen molar-refractivity contribution in [2.24, 2.45) is 5.73 Å². The number of primary amides is 1. The molecule has 5 heteroatoms. The van der Waals surface area contributed by atoms with Gasteiger partial charge < -0.3 is 15.6 Å². The van der Waals surface area contributed by atoms with Crippen LogP contribution in [0, 0.1) is 6.92 Å². The molecule has 2 aromatic carbocycles. The van der Waals surface area contributed by atoms with E-state index >= 15 is 0 Å². The largest absolute Gasteiger partial charge is 0.366 e. The third-order valence-electron chi connectivity index (χ3n) is 4.18. The van der Waals surface area contributed by atoms with Crippen LogP contribution in [0.1, 0.15) is 33.3 Å². The average Bonchev–Trinajstić information content (AvgIpc) is 2.88. The molecule has 0 spiro atoms. The molecule has 0 saturated carbocycles. The number of amides is 2. The minimum atomic E-state index is -0.491. The minimum Gasteiger partial charge on any atom is -0.366 e. The van der Waals surface area contributed by atoms with Crippen molar-refractivity contribution in [1.82, 2.24) is 4.57 Å². The lowest BCUT2D eigenvalue weighted by Crippen LogP contribution is -2.18. The summed E-state index contributed by atoms with van der Waals surface area (Å²) in [6.07, 6.45) is 0. The molecule has 1 heterocycles. The molecule has 0 radical (unpaired) electrons. The quantitative estimate of drug-likeness (QED) is 0.773. The summed E-state index contributed by atoms with van der Waals surface area (Å²) in [5.41, 5.74) is 8.91. The van der Waals surface area contributed by atoms with Crippen LogP contribution in [0.5, 0.6) is 0 Å². The number of rotatable bonds is 4. The van der Waals surface area contributed by atoms with Crippen LogP contribution in [0.4, 0.5) is 5.69 Å². The number of aromatic nitrogens is 1. The predicted molar refractivity (Wildman–Crippen MR) is 95.3 cm³/mol. The number of para-hydroxylation sites is 1. The van der Waals surface area contributed by atoms with Crippen molar-refractivity contribution < 1.29 is 9.59 Å². The first kappa shape index (κ1) is 15.8. The van der Waals surface area contributed by atoms with E-state index in [1.165, 1.54) is 0 Å². The van der Waals surface area contributed by atoms with Crippen LogP contribution in [-0.4, -0.2) is 16.4 Å². The summed E-state index contributed by atoms with van der Waals surface area (Å²) in [4.78, 5) is 23.9. The Morgan fingerprint density at radius 2 is 1.75 bits per heavy atom. The van der Waals surface area contributed by atoms with Gasteiger partial charge in [0.2, 0.25) is 5.91 Å². The maximum Gasteiger partial charge on any atom is 0.272 e. The molecule has 24 heavy (non-hydrogen) atoms. The molecule has 0 aliphatic carbocycles. The Kier molecular flexibility index (Phi) is 4.08. The highest BCUT2D eigenvalue weighted by atomic mass is 16.2. The molecule has 2 amide bonds. The third-order valence-corrected chi connectivity index (χ3v) is 4.18. The smallest absolute Gasteiger partial charge is 0.272 e. The SMILES string of the molecule is CCn1c(C(=O)Nc2ccc(C(N)=O)cc2)c(C)c2ccccc21. The second-order valence-electron chi connectivity index (χ2n) is 5.63. The van der Waals surface area contributed by atoms with E-state index in [1.807, 2.05) is 42.7 Å². The zero-order valence-corrected chi connectivity index (χ0v) is 13.7. The number of nitrogens with two attached hydrogens (primary N) is 1. The van der Waals surface area contributed by atoms with Crippen LogP contribution in [0.15, 0.2) is 48.5 Å². The zero-order valence-electron chi connectivity index (χ0n) is 13.7. The first-order valence-corrected chi connectivity index (χ1v) is 7.82. The number of nitrogens with zero attached hydrogens (tertiary/aromatic N) is 1. The molecule has 0 bridgehead atoms. The molecule has 0 aliphatic rings. The molecule has 5 nitrogen and oxygen atoms in total. The summed E-state index contributed by atoms with van der Waals surface area (Å²) in [5, 5.41) is 3.97. The van der Waals surface area contributed by atoms with Crippen molar-refractivity contribution in [2.75, 3.05) is 5.32 Å². The maximum absolute atomic E-state index is 12.8. The third kappa shape index (κ3) is 2.65. The Morgan fingerprint density at radius 1 is 1.08 bits per heavy atom. The molecule has 1 aromatic heterocycles. The average molecular weight is 321 g/mol. The van der Waals surface area contributed by atoms with Gasteiger partial charge in [0.25, 0.3) is 5.91 Å². The van der Waals surface area contributed by atoms with E-state index in [0.29, 0.717) is 23.5 Å². The highest BCUT2D eigenvalue weighted by Gasteiger charge is 2.19. The van der Waals surface area contributed by atoms with E-state index in [4.69, 9.17) is 5.73 Å². The van der Waals surface area contributed by atoms with E-state index in [-0.39, 0.29) is 5.91 Å². The van der Waals surface area contributed by atoms with Gasteiger partial charge in [-0.05, 0) is 49.7 Å². The second kappa shape index (κ2) is 6.20. The van der Waals surface area contributed by atoms with Gasteiger partial charge in [0.1, 0.15) is 5.69 Å². The lowest BCUT2D eigenvalue weighted by Gasteiger charge is -2.10. The topological polar surface area (TPSA) is 77.1 Å². The van der Waals surface area contributed by atoms with Crippen molar-refractivity contribution in [2.45, 2.75) is 20.4 Å². The lowest BCUT2D eigenvalue weighted by molar-refractivity contribution is 0.0997. The number of benzene rings is 2. The van der Waals surface area contributed by atoms with E-state index in [2.05, 4.69) is 5.32 Å². The summed E-state index contributed by atoms with van der Waals surface area (Å²) in [6, 6.07) is 14.5. The van der Waals surface area contributed by atoms with Crippen molar-refractivity contribution in [3.63, 3.8) is 0 Å². The highest BCUT2D eigenvalue weighted by molar-refractivity contribution is 6.08. The number of hydrogen-bond acceptors (Lipinski definition) is 2. The zero-order chi connectivity index (χ0) is 17.3. The van der Waals surface area contributed by atoms with Crippen LogP contribution in [-0.2, 0) is 6.54 Å². The Hall–Kier alpha value is -3.08. The standard InChI is InChI=1S/C19H19N3O2/c1-3-22-16-7-5-4-6-15(16)12(2)17(22)19(24)21-14-10-8-13(9-11-14)18(20)23/h4-11H,3H2,1-2H3,(H2,20,23)(H,21,24). The summed E-state index contributed by atoms with van der Waals surface area (Å²) >= 11 is 0. The number of anilines is 1. The van der Waals surface area contributed by atoms with Gasteiger partial charge in [0.05, 0.1) is 0 Å². The van der Waals surface area contributed by atoms with Crippen LogP contribution in [0.2, 0.25) is 0 Å². The monoisotopic (exact) mass is 321 g/mol. The molecule has 122 valence electrons. The molecule has 3 rings (SSSR count). The van der Waals surface area contributed by atoms with Gasteiger partial charge in [-0.25, -0.2) is 0 Å². The Morgan fingerprint density at radius 3 is 2.38 bits per heavy atom. The second-order valence-corrected chi connectivity index (χ2v) is 5.63. The summed E-state index contributed by atoms with van der Waals surface area (Å²) < 4.78 is 2.01. The van der Waals surface area contributed by atoms with Gasteiger partial charge in [-0.2, -0.15) is 0 Å². The van der Waals surface area contributed by atoms with Crippen molar-refractivity contribution >= 4 is 28.4 Å².